The van der Waals surface area contributed by atoms with Crippen LogP contribution < -0.4 is 10.6 Å². The fourth-order valence-electron chi connectivity index (χ4n) is 3.14. The predicted octanol–water partition coefficient (Wildman–Crippen LogP) is 2.31. The molecule has 0 bridgehead atoms. The number of halogens is 2. The zero-order valence-corrected chi connectivity index (χ0v) is 21.7. The van der Waals surface area contributed by atoms with Gasteiger partial charge in [-0.1, -0.05) is 6.07 Å². The van der Waals surface area contributed by atoms with Crippen LogP contribution in [0.3, 0.4) is 0 Å². The van der Waals surface area contributed by atoms with E-state index in [1.807, 2.05) is 18.5 Å². The third kappa shape index (κ3) is 8.37. The first-order valence-corrected chi connectivity index (χ1v) is 11.6. The molecule has 0 aliphatic rings. The number of aromatic nitrogens is 2. The van der Waals surface area contributed by atoms with Crippen LogP contribution >= 0.6 is 24.0 Å². The lowest BCUT2D eigenvalue weighted by molar-refractivity contribution is 0.182. The molecule has 0 aliphatic heterocycles. The molecule has 0 spiro atoms. The van der Waals surface area contributed by atoms with Crippen molar-refractivity contribution in [1.82, 2.24) is 20.4 Å². The number of aliphatic imine (C=N–C) groups is 1. The molecular weight excluding hydrogens is 536 g/mol. The average Bonchev–Trinajstić information content (AvgIpc) is 2.94. The lowest BCUT2D eigenvalue weighted by atomic mass is 10.1. The van der Waals surface area contributed by atoms with Gasteiger partial charge >= 0.3 is 0 Å². The Hall–Kier alpha value is -1.73. The number of aryl methyl sites for hydroxylation is 1. The monoisotopic (exact) mass is 567 g/mol. The minimum absolute atomic E-state index is 0. The number of hydrogen-bond donors (Lipinski definition) is 2. The van der Waals surface area contributed by atoms with Crippen molar-refractivity contribution < 1.29 is 17.5 Å². The summed E-state index contributed by atoms with van der Waals surface area (Å²) < 4.78 is 44.0. The summed E-state index contributed by atoms with van der Waals surface area (Å²) in [5.41, 5.74) is 4.17. The maximum Gasteiger partial charge on any atom is 0.191 e. The molecule has 2 N–H and O–H groups in total. The Labute approximate surface area is 200 Å². The summed E-state index contributed by atoms with van der Waals surface area (Å²) in [7, 11) is 0.0642. The SMILES string of the molecule is CN=C(NCc1cc(F)ccc1CS(C)(=O)=O)NCc1c(C)nn(CCOC)c1C.I. The second kappa shape index (κ2) is 12.3. The summed E-state index contributed by atoms with van der Waals surface area (Å²) in [5.74, 6) is -0.0373. The molecule has 0 aliphatic carbocycles. The standard InChI is InChI=1S/C20H30FN5O3S.HI/c1-14-19(15(2)26(25-14)8-9-29-4)12-24-20(22-3)23-11-17-10-18(21)7-6-16(17)13-30(5,27)28;/h6-7,10H,8-9,11-13H2,1-5H3,(H2,22,23,24);1H. The van der Waals surface area contributed by atoms with Gasteiger partial charge in [-0.05, 0) is 37.1 Å². The lowest BCUT2D eigenvalue weighted by Crippen LogP contribution is -2.36. The minimum atomic E-state index is -3.23. The van der Waals surface area contributed by atoms with Gasteiger partial charge < -0.3 is 15.4 Å². The fraction of sp³-hybridized carbons (Fsp3) is 0.500. The first kappa shape index (κ1) is 27.3. The molecule has 1 aromatic heterocycles. The van der Waals surface area contributed by atoms with Crippen molar-refractivity contribution in [3.05, 3.63) is 52.1 Å². The Balaban J connectivity index is 0.00000480. The van der Waals surface area contributed by atoms with E-state index in [1.165, 1.54) is 18.2 Å². The van der Waals surface area contributed by atoms with Gasteiger partial charge in [0.25, 0.3) is 0 Å². The van der Waals surface area contributed by atoms with E-state index in [0.717, 1.165) is 23.2 Å². The zero-order valence-electron chi connectivity index (χ0n) is 18.5. The van der Waals surface area contributed by atoms with Gasteiger partial charge in [0, 0.05) is 44.8 Å². The Morgan fingerprint density at radius 3 is 2.52 bits per heavy atom. The van der Waals surface area contributed by atoms with E-state index in [1.54, 1.807) is 14.2 Å². The first-order valence-electron chi connectivity index (χ1n) is 9.56. The molecule has 31 heavy (non-hydrogen) atoms. The lowest BCUT2D eigenvalue weighted by Gasteiger charge is -2.14. The number of nitrogens with zero attached hydrogens (tertiary/aromatic N) is 3. The molecule has 0 unspecified atom stereocenters. The molecule has 2 rings (SSSR count). The van der Waals surface area contributed by atoms with Crippen molar-refractivity contribution in [3.8, 4) is 0 Å². The molecular formula is C20H31FIN5O3S. The quantitative estimate of drug-likeness (QED) is 0.274. The molecule has 2 aromatic rings. The highest BCUT2D eigenvalue weighted by atomic mass is 127. The number of benzene rings is 1. The number of ether oxygens (including phenoxy) is 1. The van der Waals surface area contributed by atoms with Crippen molar-refractivity contribution in [2.45, 2.75) is 39.2 Å². The first-order chi connectivity index (χ1) is 14.1. The second-order valence-electron chi connectivity index (χ2n) is 7.13. The average molecular weight is 567 g/mol. The van der Waals surface area contributed by atoms with Gasteiger partial charge in [-0.2, -0.15) is 5.10 Å². The van der Waals surface area contributed by atoms with Gasteiger partial charge in [0.1, 0.15) is 5.82 Å². The normalized spacial score (nSPS) is 11.9. The molecule has 0 atom stereocenters. The molecule has 8 nitrogen and oxygen atoms in total. The highest BCUT2D eigenvalue weighted by Gasteiger charge is 2.13. The number of nitrogens with one attached hydrogen (secondary N) is 2. The maximum absolute atomic E-state index is 13.7. The summed E-state index contributed by atoms with van der Waals surface area (Å²) in [6, 6.07) is 4.11. The number of hydrogen-bond acceptors (Lipinski definition) is 5. The van der Waals surface area contributed by atoms with Crippen LogP contribution in [0, 0.1) is 19.7 Å². The van der Waals surface area contributed by atoms with Crippen LogP contribution in [-0.2, 0) is 40.0 Å². The van der Waals surface area contributed by atoms with Crippen molar-refractivity contribution in [3.63, 3.8) is 0 Å². The summed E-state index contributed by atoms with van der Waals surface area (Å²) in [6.07, 6.45) is 1.16. The van der Waals surface area contributed by atoms with E-state index in [-0.39, 0.29) is 36.3 Å². The largest absolute Gasteiger partial charge is 0.383 e. The third-order valence-corrected chi connectivity index (χ3v) is 5.56. The Bertz CT molecular complexity index is 1010. The van der Waals surface area contributed by atoms with E-state index >= 15 is 0 Å². The molecule has 0 amide bonds. The van der Waals surface area contributed by atoms with E-state index < -0.39 is 15.7 Å². The summed E-state index contributed by atoms with van der Waals surface area (Å²) in [4.78, 5) is 4.20. The molecule has 1 heterocycles. The Morgan fingerprint density at radius 2 is 1.90 bits per heavy atom. The molecule has 174 valence electrons. The summed E-state index contributed by atoms with van der Waals surface area (Å²) in [6.45, 7) is 5.98. The van der Waals surface area contributed by atoms with Crippen molar-refractivity contribution >= 4 is 39.8 Å². The van der Waals surface area contributed by atoms with Crippen LogP contribution in [0.1, 0.15) is 28.1 Å². The Morgan fingerprint density at radius 1 is 1.23 bits per heavy atom. The van der Waals surface area contributed by atoms with Gasteiger partial charge in [-0.25, -0.2) is 12.8 Å². The molecule has 0 saturated heterocycles. The van der Waals surface area contributed by atoms with Gasteiger partial charge in [0.05, 0.1) is 24.6 Å². The van der Waals surface area contributed by atoms with E-state index in [0.29, 0.717) is 36.8 Å². The van der Waals surface area contributed by atoms with Crippen LogP contribution in [0.15, 0.2) is 23.2 Å². The molecule has 1 aromatic carbocycles. The topological polar surface area (TPSA) is 97.6 Å². The van der Waals surface area contributed by atoms with Gasteiger partial charge in [0.2, 0.25) is 0 Å². The summed E-state index contributed by atoms with van der Waals surface area (Å²) in [5, 5.41) is 10.9. The van der Waals surface area contributed by atoms with Crippen LogP contribution in [-0.4, -0.2) is 51.2 Å². The van der Waals surface area contributed by atoms with Gasteiger partial charge in [-0.3, -0.25) is 9.67 Å². The fourth-order valence-corrected chi connectivity index (χ4v) is 3.99. The second-order valence-corrected chi connectivity index (χ2v) is 9.27. The van der Waals surface area contributed by atoms with Gasteiger partial charge in [-0.15, -0.1) is 24.0 Å². The van der Waals surface area contributed by atoms with E-state index in [9.17, 15) is 12.8 Å². The summed E-state index contributed by atoms with van der Waals surface area (Å²) >= 11 is 0. The van der Waals surface area contributed by atoms with E-state index in [2.05, 4.69) is 20.7 Å². The molecule has 0 fully saturated rings. The highest BCUT2D eigenvalue weighted by molar-refractivity contribution is 14.0. The van der Waals surface area contributed by atoms with Crippen LogP contribution in [0.25, 0.3) is 0 Å². The van der Waals surface area contributed by atoms with Crippen LogP contribution in [0.2, 0.25) is 0 Å². The van der Waals surface area contributed by atoms with E-state index in [4.69, 9.17) is 4.74 Å². The molecule has 11 heteroatoms. The maximum atomic E-state index is 13.7. The van der Waals surface area contributed by atoms with Crippen molar-refractivity contribution in [1.29, 1.82) is 0 Å². The van der Waals surface area contributed by atoms with Gasteiger partial charge in [0.15, 0.2) is 15.8 Å². The number of sulfone groups is 1. The smallest absolute Gasteiger partial charge is 0.191 e. The van der Waals surface area contributed by atoms with Crippen molar-refractivity contribution in [2.75, 3.05) is 27.0 Å². The third-order valence-electron chi connectivity index (χ3n) is 4.73. The number of rotatable bonds is 9. The Kier molecular flexibility index (Phi) is 10.9. The zero-order chi connectivity index (χ0) is 22.3. The highest BCUT2D eigenvalue weighted by Crippen LogP contribution is 2.15. The van der Waals surface area contributed by atoms with Crippen molar-refractivity contribution in [2.24, 2.45) is 4.99 Å². The minimum Gasteiger partial charge on any atom is -0.383 e. The number of guanidine groups is 1. The van der Waals surface area contributed by atoms with Crippen LogP contribution in [0.4, 0.5) is 4.39 Å². The molecule has 0 radical (unpaired) electrons. The number of methoxy groups -OCH3 is 1. The predicted molar refractivity (Wildman–Crippen MR) is 131 cm³/mol. The van der Waals surface area contributed by atoms with Crippen LogP contribution in [0.5, 0.6) is 0 Å². The molecule has 0 saturated carbocycles.